The van der Waals surface area contributed by atoms with E-state index in [2.05, 4.69) is 23.8 Å². The van der Waals surface area contributed by atoms with Crippen LogP contribution in [0.3, 0.4) is 0 Å². The molecule has 1 fully saturated rings. The molecule has 1 aliphatic rings. The molecule has 1 saturated heterocycles. The van der Waals surface area contributed by atoms with Crippen molar-refractivity contribution >= 4 is 23.4 Å². The second kappa shape index (κ2) is 6.22. The molecule has 0 aromatic carbocycles. The van der Waals surface area contributed by atoms with Crippen LogP contribution in [0.15, 0.2) is 5.03 Å². The fraction of sp³-hybridized carbons (Fsp3) is 0.692. The van der Waals surface area contributed by atoms with E-state index in [-0.39, 0.29) is 6.10 Å². The van der Waals surface area contributed by atoms with Crippen molar-refractivity contribution in [3.8, 4) is 0 Å². The second-order valence-electron chi connectivity index (χ2n) is 4.63. The number of thioether (sulfide) groups is 1. The molecule has 2 atom stereocenters. The third-order valence-corrected chi connectivity index (χ3v) is 5.04. The summed E-state index contributed by atoms with van der Waals surface area (Å²) in [7, 11) is 0. The number of aryl methyl sites for hydroxylation is 1. The summed E-state index contributed by atoms with van der Waals surface area (Å²) in [6.07, 6.45) is 3.28. The molecule has 0 spiro atoms. The predicted molar refractivity (Wildman–Crippen MR) is 75.5 cm³/mol. The lowest BCUT2D eigenvalue weighted by atomic mass is 10.3. The largest absolute Gasteiger partial charge is 0.377 e. The lowest BCUT2D eigenvalue weighted by molar-refractivity contribution is 0.127. The van der Waals surface area contributed by atoms with E-state index in [1.165, 1.54) is 0 Å². The summed E-state index contributed by atoms with van der Waals surface area (Å²) in [5.74, 6) is 0.849. The molecule has 2 unspecified atom stereocenters. The van der Waals surface area contributed by atoms with E-state index in [1.54, 1.807) is 11.8 Å². The SMILES string of the molecule is CCCc1nc(Cl)c(C)c(SC2CCOC2C)n1. The lowest BCUT2D eigenvalue weighted by Gasteiger charge is -2.15. The number of rotatable bonds is 4. The third kappa shape index (κ3) is 3.16. The number of aromatic nitrogens is 2. The van der Waals surface area contributed by atoms with Crippen molar-refractivity contribution in [3.05, 3.63) is 16.5 Å². The highest BCUT2D eigenvalue weighted by atomic mass is 35.5. The summed E-state index contributed by atoms with van der Waals surface area (Å²) in [4.78, 5) is 8.96. The molecule has 5 heteroatoms. The maximum absolute atomic E-state index is 6.18. The standard InChI is InChI=1S/C13H19ClN2OS/c1-4-5-11-15-12(14)8(2)13(16-11)18-10-6-7-17-9(10)3/h9-10H,4-7H2,1-3H3. The van der Waals surface area contributed by atoms with Crippen LogP contribution in [0.25, 0.3) is 0 Å². The van der Waals surface area contributed by atoms with Gasteiger partial charge in [-0.1, -0.05) is 30.3 Å². The molecule has 100 valence electrons. The Morgan fingerprint density at radius 2 is 2.22 bits per heavy atom. The Morgan fingerprint density at radius 1 is 1.44 bits per heavy atom. The Bertz CT molecular complexity index is 428. The molecular formula is C13H19ClN2OS. The van der Waals surface area contributed by atoms with Crippen LogP contribution < -0.4 is 0 Å². The molecule has 1 aromatic heterocycles. The summed E-state index contributed by atoms with van der Waals surface area (Å²) in [5, 5.41) is 2.08. The van der Waals surface area contributed by atoms with Gasteiger partial charge in [0.05, 0.1) is 6.10 Å². The molecule has 18 heavy (non-hydrogen) atoms. The van der Waals surface area contributed by atoms with Crippen LogP contribution in [0.2, 0.25) is 5.15 Å². The molecular weight excluding hydrogens is 268 g/mol. The number of hydrogen-bond donors (Lipinski definition) is 0. The van der Waals surface area contributed by atoms with Crippen molar-refractivity contribution in [1.82, 2.24) is 9.97 Å². The first-order valence-corrected chi connectivity index (χ1v) is 7.68. The first-order chi connectivity index (χ1) is 8.61. The average molecular weight is 287 g/mol. The van der Waals surface area contributed by atoms with Crippen molar-refractivity contribution in [2.75, 3.05) is 6.61 Å². The number of ether oxygens (including phenoxy) is 1. The average Bonchev–Trinajstić information content (AvgIpc) is 2.72. The van der Waals surface area contributed by atoms with Gasteiger partial charge in [0.1, 0.15) is 16.0 Å². The van der Waals surface area contributed by atoms with Gasteiger partial charge in [-0.25, -0.2) is 9.97 Å². The number of halogens is 1. The fourth-order valence-electron chi connectivity index (χ4n) is 1.97. The van der Waals surface area contributed by atoms with Crippen LogP contribution in [0.4, 0.5) is 0 Å². The van der Waals surface area contributed by atoms with E-state index >= 15 is 0 Å². The van der Waals surface area contributed by atoms with Crippen LogP contribution in [0.5, 0.6) is 0 Å². The highest BCUT2D eigenvalue weighted by molar-refractivity contribution is 8.00. The highest BCUT2D eigenvalue weighted by Gasteiger charge is 2.26. The lowest BCUT2D eigenvalue weighted by Crippen LogP contribution is -2.14. The molecule has 0 N–H and O–H groups in total. The smallest absolute Gasteiger partial charge is 0.136 e. The maximum Gasteiger partial charge on any atom is 0.136 e. The molecule has 0 radical (unpaired) electrons. The van der Waals surface area contributed by atoms with Gasteiger partial charge < -0.3 is 4.74 Å². The van der Waals surface area contributed by atoms with Crippen molar-refractivity contribution in [2.45, 2.75) is 56.4 Å². The summed E-state index contributed by atoms with van der Waals surface area (Å²) >= 11 is 7.96. The zero-order chi connectivity index (χ0) is 13.1. The summed E-state index contributed by atoms with van der Waals surface area (Å²) in [6, 6.07) is 0. The summed E-state index contributed by atoms with van der Waals surface area (Å²) in [6.45, 7) is 7.08. The van der Waals surface area contributed by atoms with Gasteiger partial charge in [0.25, 0.3) is 0 Å². The summed E-state index contributed by atoms with van der Waals surface area (Å²) < 4.78 is 5.59. The predicted octanol–water partition coefficient (Wildman–Crippen LogP) is 3.66. The van der Waals surface area contributed by atoms with Crippen LogP contribution in [0, 0.1) is 6.92 Å². The van der Waals surface area contributed by atoms with E-state index in [9.17, 15) is 0 Å². The first kappa shape index (κ1) is 14.1. The number of hydrogen-bond acceptors (Lipinski definition) is 4. The van der Waals surface area contributed by atoms with Gasteiger partial charge in [0.2, 0.25) is 0 Å². The minimum Gasteiger partial charge on any atom is -0.377 e. The van der Waals surface area contributed by atoms with Crippen LogP contribution in [-0.2, 0) is 11.2 Å². The van der Waals surface area contributed by atoms with Gasteiger partial charge in [0.15, 0.2) is 0 Å². The monoisotopic (exact) mass is 286 g/mol. The van der Waals surface area contributed by atoms with Gasteiger partial charge in [-0.3, -0.25) is 0 Å². The summed E-state index contributed by atoms with van der Waals surface area (Å²) in [5.41, 5.74) is 0.987. The number of nitrogens with zero attached hydrogens (tertiary/aromatic N) is 2. The minimum atomic E-state index is 0.290. The first-order valence-electron chi connectivity index (χ1n) is 6.43. The maximum atomic E-state index is 6.18. The van der Waals surface area contributed by atoms with E-state index in [0.717, 1.165) is 42.3 Å². The molecule has 0 aliphatic carbocycles. The van der Waals surface area contributed by atoms with Crippen molar-refractivity contribution in [1.29, 1.82) is 0 Å². The molecule has 0 amide bonds. The van der Waals surface area contributed by atoms with Gasteiger partial charge in [0, 0.05) is 23.8 Å². The quantitative estimate of drug-likeness (QED) is 0.791. The van der Waals surface area contributed by atoms with Crippen molar-refractivity contribution < 1.29 is 4.74 Å². The van der Waals surface area contributed by atoms with Gasteiger partial charge in [-0.05, 0) is 26.7 Å². The Morgan fingerprint density at radius 3 is 2.83 bits per heavy atom. The van der Waals surface area contributed by atoms with Crippen LogP contribution in [-0.4, -0.2) is 27.9 Å². The Labute approximate surface area is 118 Å². The Hall–Kier alpha value is -0.320. The molecule has 1 aromatic rings. The van der Waals surface area contributed by atoms with E-state index < -0.39 is 0 Å². The topological polar surface area (TPSA) is 35.0 Å². The minimum absolute atomic E-state index is 0.290. The Balaban J connectivity index is 2.20. The van der Waals surface area contributed by atoms with E-state index in [0.29, 0.717) is 10.4 Å². The third-order valence-electron chi connectivity index (χ3n) is 3.13. The highest BCUT2D eigenvalue weighted by Crippen LogP contribution is 2.34. The second-order valence-corrected chi connectivity index (χ2v) is 6.22. The molecule has 2 heterocycles. The zero-order valence-corrected chi connectivity index (χ0v) is 12.6. The van der Waals surface area contributed by atoms with E-state index in [1.807, 2.05) is 6.92 Å². The Kier molecular flexibility index (Phi) is 4.87. The van der Waals surface area contributed by atoms with Gasteiger partial charge in [-0.15, -0.1) is 0 Å². The molecule has 0 saturated carbocycles. The van der Waals surface area contributed by atoms with Crippen LogP contribution >= 0.6 is 23.4 Å². The molecule has 0 bridgehead atoms. The zero-order valence-electron chi connectivity index (χ0n) is 11.1. The van der Waals surface area contributed by atoms with Crippen LogP contribution in [0.1, 0.15) is 38.1 Å². The molecule has 1 aliphatic heterocycles. The van der Waals surface area contributed by atoms with E-state index in [4.69, 9.17) is 16.3 Å². The van der Waals surface area contributed by atoms with Crippen molar-refractivity contribution in [2.24, 2.45) is 0 Å². The van der Waals surface area contributed by atoms with Crippen molar-refractivity contribution in [3.63, 3.8) is 0 Å². The normalized spacial score (nSPS) is 23.6. The molecule has 2 rings (SSSR count). The molecule has 3 nitrogen and oxygen atoms in total. The fourth-order valence-corrected chi connectivity index (χ4v) is 3.42. The van der Waals surface area contributed by atoms with Gasteiger partial charge in [-0.2, -0.15) is 0 Å². The van der Waals surface area contributed by atoms with Gasteiger partial charge >= 0.3 is 0 Å².